The standard InChI is InChI=1S/C35H36/c1-15-16(2)22-12-24-18(4)20(6)26-14-28-32-27(33(7,8)34(28,9)10)13-25-19(5)17(3)23-11-21(15)29(22)35(32,30(23)25)31(24)26/h11-14,30-31H,1-10H3/t30-,31+,35?. The summed E-state index contributed by atoms with van der Waals surface area (Å²) in [5, 5.41) is 0. The lowest BCUT2D eigenvalue weighted by molar-refractivity contribution is 0.223. The molecule has 0 saturated carbocycles. The molecule has 0 aromatic carbocycles. The van der Waals surface area contributed by atoms with Gasteiger partial charge in [0.2, 0.25) is 0 Å². The van der Waals surface area contributed by atoms with E-state index in [2.05, 4.69) is 93.5 Å². The van der Waals surface area contributed by atoms with Gasteiger partial charge in [0, 0.05) is 17.3 Å². The summed E-state index contributed by atoms with van der Waals surface area (Å²) in [5.41, 5.74) is 25.3. The fourth-order valence-corrected chi connectivity index (χ4v) is 9.43. The zero-order valence-corrected chi connectivity index (χ0v) is 23.0. The lowest BCUT2D eigenvalue weighted by Gasteiger charge is -2.57. The summed E-state index contributed by atoms with van der Waals surface area (Å²) in [7, 11) is 0. The van der Waals surface area contributed by atoms with Crippen LogP contribution in [0.15, 0.2) is 113 Å². The molecule has 0 aromatic rings. The van der Waals surface area contributed by atoms with Crippen molar-refractivity contribution in [3.63, 3.8) is 0 Å². The van der Waals surface area contributed by atoms with Crippen LogP contribution in [0.4, 0.5) is 0 Å². The molecule has 0 amide bonds. The van der Waals surface area contributed by atoms with E-state index >= 15 is 0 Å². The van der Waals surface area contributed by atoms with Crippen LogP contribution in [0.5, 0.6) is 0 Å². The molecule has 176 valence electrons. The quantitative estimate of drug-likeness (QED) is 0.341. The third-order valence-electron chi connectivity index (χ3n) is 12.4. The van der Waals surface area contributed by atoms with Crippen molar-refractivity contribution < 1.29 is 0 Å². The topological polar surface area (TPSA) is 0 Å². The molecule has 0 aromatic heterocycles. The van der Waals surface area contributed by atoms with Gasteiger partial charge in [-0.3, -0.25) is 0 Å². The molecule has 0 N–H and O–H groups in total. The minimum atomic E-state index is -0.0141. The molecule has 0 fully saturated rings. The van der Waals surface area contributed by atoms with Crippen LogP contribution >= 0.6 is 0 Å². The van der Waals surface area contributed by atoms with Gasteiger partial charge in [-0.15, -0.1) is 0 Å². The van der Waals surface area contributed by atoms with Gasteiger partial charge in [-0.05, 0) is 142 Å². The van der Waals surface area contributed by atoms with E-state index in [9.17, 15) is 0 Å². The van der Waals surface area contributed by atoms with Crippen molar-refractivity contribution >= 4 is 0 Å². The largest absolute Gasteiger partial charge is 0.0550 e. The van der Waals surface area contributed by atoms with E-state index in [1.54, 1.807) is 44.6 Å². The van der Waals surface area contributed by atoms with Crippen LogP contribution in [0.2, 0.25) is 0 Å². The summed E-state index contributed by atoms with van der Waals surface area (Å²) >= 11 is 0. The van der Waals surface area contributed by atoms with Gasteiger partial charge in [-0.2, -0.15) is 0 Å². The molecule has 0 nitrogen and oxygen atoms in total. The van der Waals surface area contributed by atoms with E-state index in [-0.39, 0.29) is 16.2 Å². The Kier molecular flexibility index (Phi) is 3.17. The summed E-state index contributed by atoms with van der Waals surface area (Å²) in [6.45, 7) is 24.4. The predicted octanol–water partition coefficient (Wildman–Crippen LogP) is 8.97. The summed E-state index contributed by atoms with van der Waals surface area (Å²) in [4.78, 5) is 0. The minimum absolute atomic E-state index is 0.0141. The van der Waals surface area contributed by atoms with Crippen molar-refractivity contribution in [2.75, 3.05) is 0 Å². The first-order valence-corrected chi connectivity index (χ1v) is 13.5. The Morgan fingerprint density at radius 3 is 1.80 bits per heavy atom. The third-order valence-corrected chi connectivity index (χ3v) is 12.4. The summed E-state index contributed by atoms with van der Waals surface area (Å²) < 4.78 is 0. The zero-order chi connectivity index (χ0) is 24.7. The minimum Gasteiger partial charge on any atom is -0.0550 e. The number of hydrogen-bond acceptors (Lipinski definition) is 0. The fourth-order valence-electron chi connectivity index (χ4n) is 9.43. The highest BCUT2D eigenvalue weighted by molar-refractivity contribution is 5.87. The first kappa shape index (κ1) is 20.6. The van der Waals surface area contributed by atoms with Crippen LogP contribution in [0.3, 0.4) is 0 Å². The van der Waals surface area contributed by atoms with Crippen LogP contribution < -0.4 is 0 Å². The maximum atomic E-state index is 2.66. The second-order valence-electron chi connectivity index (χ2n) is 13.5. The van der Waals surface area contributed by atoms with E-state index in [4.69, 9.17) is 0 Å². The monoisotopic (exact) mass is 456 g/mol. The number of rotatable bonds is 0. The Labute approximate surface area is 210 Å². The predicted molar refractivity (Wildman–Crippen MR) is 146 cm³/mol. The van der Waals surface area contributed by atoms with Gasteiger partial charge in [0.25, 0.3) is 0 Å². The van der Waals surface area contributed by atoms with E-state index in [0.29, 0.717) is 11.8 Å². The van der Waals surface area contributed by atoms with Crippen molar-refractivity contribution in [3.05, 3.63) is 113 Å². The van der Waals surface area contributed by atoms with Gasteiger partial charge in [0.1, 0.15) is 0 Å². The Morgan fingerprint density at radius 1 is 0.543 bits per heavy atom. The lowest BCUT2D eigenvalue weighted by Crippen LogP contribution is -2.50. The molecule has 0 bridgehead atoms. The molecule has 0 saturated heterocycles. The first-order valence-electron chi connectivity index (χ1n) is 13.5. The van der Waals surface area contributed by atoms with Crippen LogP contribution in [0, 0.1) is 28.1 Å². The highest BCUT2D eigenvalue weighted by Crippen LogP contribution is 2.80. The Morgan fingerprint density at radius 2 is 1.14 bits per heavy atom. The molecular weight excluding hydrogens is 420 g/mol. The SMILES string of the molecule is CC1=C(C)C2=C3C1=CC1=C(C)C(C)=C4C=C5C6=C(C=C7C(C)=C(C)C(=C2)[C@@H]7C36[C@H]14)C(C)(C)C5(C)C. The van der Waals surface area contributed by atoms with Crippen LogP contribution in [-0.4, -0.2) is 0 Å². The Balaban J connectivity index is 1.66. The summed E-state index contributed by atoms with van der Waals surface area (Å²) in [6, 6.07) is 0. The fraction of sp³-hybridized carbons (Fsp3) is 0.429. The lowest BCUT2D eigenvalue weighted by atomic mass is 9.44. The molecule has 0 heteroatoms. The normalized spacial score (nSPS) is 36.3. The highest BCUT2D eigenvalue weighted by Gasteiger charge is 2.70. The zero-order valence-electron chi connectivity index (χ0n) is 23.0. The molecule has 0 aliphatic heterocycles. The van der Waals surface area contributed by atoms with Gasteiger partial charge in [-0.1, -0.05) is 52.0 Å². The molecule has 1 unspecified atom stereocenters. The van der Waals surface area contributed by atoms with E-state index < -0.39 is 0 Å². The van der Waals surface area contributed by atoms with Gasteiger partial charge < -0.3 is 0 Å². The molecule has 8 aliphatic rings. The van der Waals surface area contributed by atoms with Crippen molar-refractivity contribution in [2.45, 2.75) is 69.2 Å². The molecule has 1 spiro atoms. The molecule has 0 radical (unpaired) electrons. The molecule has 3 atom stereocenters. The third kappa shape index (κ3) is 1.70. The smallest absolute Gasteiger partial charge is 0.0439 e. The van der Waals surface area contributed by atoms with E-state index in [1.807, 2.05) is 0 Å². The molecule has 35 heavy (non-hydrogen) atoms. The van der Waals surface area contributed by atoms with Crippen molar-refractivity contribution in [2.24, 2.45) is 28.1 Å². The first-order chi connectivity index (χ1) is 16.4. The van der Waals surface area contributed by atoms with Crippen molar-refractivity contribution in [1.82, 2.24) is 0 Å². The van der Waals surface area contributed by atoms with Crippen LogP contribution in [0.1, 0.15) is 69.2 Å². The van der Waals surface area contributed by atoms with Gasteiger partial charge >= 0.3 is 0 Å². The Bertz CT molecular complexity index is 1610. The van der Waals surface area contributed by atoms with Crippen LogP contribution in [-0.2, 0) is 0 Å². The second kappa shape index (κ2) is 5.39. The Hall–Kier alpha value is -2.60. The molecule has 8 aliphatic carbocycles. The van der Waals surface area contributed by atoms with Crippen molar-refractivity contribution in [3.8, 4) is 0 Å². The molecular formula is C35H36. The average molecular weight is 457 g/mol. The van der Waals surface area contributed by atoms with Crippen LogP contribution in [0.25, 0.3) is 0 Å². The van der Waals surface area contributed by atoms with Gasteiger partial charge in [0.05, 0.1) is 0 Å². The number of hydrogen-bond donors (Lipinski definition) is 0. The van der Waals surface area contributed by atoms with E-state index in [1.165, 1.54) is 44.6 Å². The highest BCUT2D eigenvalue weighted by atomic mass is 14.7. The van der Waals surface area contributed by atoms with E-state index in [0.717, 1.165) is 0 Å². The average Bonchev–Trinajstić information content (AvgIpc) is 3.37. The second-order valence-corrected chi connectivity index (χ2v) is 13.5. The maximum absolute atomic E-state index is 2.66. The maximum Gasteiger partial charge on any atom is 0.0439 e. The van der Waals surface area contributed by atoms with Gasteiger partial charge in [0.15, 0.2) is 0 Å². The summed E-state index contributed by atoms with van der Waals surface area (Å²) in [5.74, 6) is 0.869. The van der Waals surface area contributed by atoms with Crippen molar-refractivity contribution in [1.29, 1.82) is 0 Å². The molecule has 8 rings (SSSR count). The summed E-state index contributed by atoms with van der Waals surface area (Å²) in [6.07, 6.45) is 10.5. The number of allylic oxidation sites excluding steroid dienone is 20. The molecule has 0 heterocycles. The van der Waals surface area contributed by atoms with Gasteiger partial charge in [-0.25, -0.2) is 0 Å².